The first-order valence-corrected chi connectivity index (χ1v) is 32.8. The van der Waals surface area contributed by atoms with Crippen LogP contribution >= 0.6 is 23.5 Å². The number of aliphatic imine (C=N–C) groups is 2. The Hall–Kier alpha value is -5.75. The third-order valence-corrected chi connectivity index (χ3v) is 21.6. The van der Waals surface area contributed by atoms with Crippen LogP contribution in [0.25, 0.3) is 0 Å². The maximum atomic E-state index is 13.0. The molecule has 10 N–H and O–H groups in total. The van der Waals surface area contributed by atoms with E-state index in [1.165, 1.54) is 85.2 Å². The van der Waals surface area contributed by atoms with Crippen molar-refractivity contribution in [1.29, 1.82) is 0 Å². The number of hydrogen-bond acceptors (Lipinski definition) is 20. The topological polar surface area (TPSA) is 337 Å². The summed E-state index contributed by atoms with van der Waals surface area (Å²) in [6.45, 7) is 8.88. The van der Waals surface area contributed by atoms with E-state index >= 15 is 0 Å². The van der Waals surface area contributed by atoms with Crippen LogP contribution in [0.1, 0.15) is 60.7 Å². The molecule has 29 heteroatoms. The zero-order valence-corrected chi connectivity index (χ0v) is 51.9. The average Bonchev–Trinajstić information content (AvgIpc) is 3.91. The predicted molar refractivity (Wildman–Crippen MR) is 318 cm³/mol. The second-order valence-electron chi connectivity index (χ2n) is 20.3. The van der Waals surface area contributed by atoms with Gasteiger partial charge in [0.05, 0.1) is 30.3 Å². The predicted octanol–water partition coefficient (Wildman–Crippen LogP) is 6.53. The fourth-order valence-corrected chi connectivity index (χ4v) is 15.9. The zero-order chi connectivity index (χ0) is 60.0. The van der Waals surface area contributed by atoms with Crippen molar-refractivity contribution in [2.24, 2.45) is 9.98 Å². The Bertz CT molecular complexity index is 3610. The summed E-state index contributed by atoms with van der Waals surface area (Å²) < 4.78 is 112. The summed E-state index contributed by atoms with van der Waals surface area (Å²) in [5.74, 6) is -0.583. The number of benzene rings is 6. The van der Waals surface area contributed by atoms with Gasteiger partial charge in [-0.3, -0.25) is 19.8 Å². The van der Waals surface area contributed by atoms with Crippen molar-refractivity contribution in [3.8, 4) is 34.5 Å². The van der Waals surface area contributed by atoms with Crippen molar-refractivity contribution >= 4 is 87.4 Å². The number of nitrogens with one attached hydrogen (secondary N) is 4. The quantitative estimate of drug-likeness (QED) is 0.0287. The Morgan fingerprint density at radius 1 is 0.458 bits per heavy atom. The number of rotatable bonds is 20. The van der Waals surface area contributed by atoms with Crippen molar-refractivity contribution in [3.05, 3.63) is 144 Å². The number of thioether (sulfide) groups is 2. The van der Waals surface area contributed by atoms with E-state index in [0.717, 1.165) is 25.2 Å². The van der Waals surface area contributed by atoms with Gasteiger partial charge in [0.1, 0.15) is 45.9 Å². The maximum absolute atomic E-state index is 13.0. The number of hydrogen-bond donors (Lipinski definition) is 10. The molecule has 0 spiro atoms. The average molecular weight is 1290 g/mol. The van der Waals surface area contributed by atoms with Crippen LogP contribution in [-0.2, 0) is 57.5 Å². The van der Waals surface area contributed by atoms with Gasteiger partial charge < -0.3 is 30.6 Å². The molecule has 0 aromatic heterocycles. The van der Waals surface area contributed by atoms with Crippen LogP contribution in [0.15, 0.2) is 151 Å². The number of para-hydroxylation sites is 2. The van der Waals surface area contributed by atoms with Gasteiger partial charge in [-0.1, -0.05) is 24.3 Å². The maximum Gasteiger partial charge on any atom is 0.240 e. The van der Waals surface area contributed by atoms with E-state index in [-0.39, 0.29) is 129 Å². The van der Waals surface area contributed by atoms with Crippen LogP contribution in [0.5, 0.6) is 34.5 Å². The van der Waals surface area contributed by atoms with E-state index < -0.39 is 40.1 Å². The first-order chi connectivity index (χ1) is 38.4. The smallest absolute Gasteiger partial charge is 0.240 e. The molecule has 446 valence electrons. The first-order valence-electron chi connectivity index (χ1n) is 25.1. The van der Waals surface area contributed by atoms with E-state index in [2.05, 4.69) is 56.6 Å². The molecule has 83 heavy (non-hydrogen) atoms. The molecule has 2 unspecified atom stereocenters. The van der Waals surface area contributed by atoms with Crippen molar-refractivity contribution in [2.45, 2.75) is 67.5 Å². The summed E-state index contributed by atoms with van der Waals surface area (Å²) in [5.41, 5.74) is 1.66. The van der Waals surface area contributed by atoms with E-state index in [1.54, 1.807) is 59.9 Å². The normalized spacial score (nSPS) is 17.6. The van der Waals surface area contributed by atoms with Gasteiger partial charge in [0.15, 0.2) is 0 Å². The minimum absolute atomic E-state index is 0. The molecule has 2 saturated heterocycles. The molecule has 2 fully saturated rings. The van der Waals surface area contributed by atoms with E-state index in [4.69, 9.17) is 0 Å². The van der Waals surface area contributed by atoms with Crippen LogP contribution in [0, 0.1) is 0 Å². The fourth-order valence-electron chi connectivity index (χ4n) is 8.72. The van der Waals surface area contributed by atoms with E-state index in [1.807, 2.05) is 23.9 Å². The Morgan fingerprint density at radius 3 is 1.04 bits per heavy atom. The van der Waals surface area contributed by atoms with E-state index in [0.29, 0.717) is 22.3 Å². The summed E-state index contributed by atoms with van der Waals surface area (Å²) >= 11 is 3.25. The molecule has 0 bridgehead atoms. The standard InChI is InChI=1S/2C27H32N4O7S3.Cr/c2*1-27(2)17-31(3)26(39-27)21-14-19(8-10-24(21)33)40(35,36)29-12-13-30-41(37,38)20-9-11-25(34)22(15-20)28-16-18-6-4-5-7-23(18)32;/h2*4-11,14-16,26,29-30,32-34H,12-13,17H2,1-3H3;. The van der Waals surface area contributed by atoms with Crippen LogP contribution in [0.3, 0.4) is 0 Å². The van der Waals surface area contributed by atoms with Crippen molar-refractivity contribution in [3.63, 3.8) is 0 Å². The zero-order valence-electron chi connectivity index (χ0n) is 45.7. The molecule has 6 aromatic carbocycles. The van der Waals surface area contributed by atoms with Crippen molar-refractivity contribution < 1.29 is 81.7 Å². The summed E-state index contributed by atoms with van der Waals surface area (Å²) in [6, 6.07) is 28.0. The molecule has 0 aliphatic carbocycles. The molecule has 22 nitrogen and oxygen atoms in total. The summed E-state index contributed by atoms with van der Waals surface area (Å²) in [6.07, 6.45) is 2.59. The Morgan fingerprint density at radius 2 is 0.747 bits per heavy atom. The van der Waals surface area contributed by atoms with Crippen molar-refractivity contribution in [1.82, 2.24) is 28.7 Å². The van der Waals surface area contributed by atoms with Gasteiger partial charge in [0, 0.05) is 101 Å². The number of sulfonamides is 4. The summed E-state index contributed by atoms with van der Waals surface area (Å²) in [5, 5.41) is 60.4. The Balaban J connectivity index is 0.000000263. The molecule has 2 atom stereocenters. The molecule has 2 heterocycles. The molecular formula is C54H64CrN8O14S6. The minimum Gasteiger partial charge on any atom is -0.508 e. The second kappa shape index (κ2) is 27.1. The molecule has 0 amide bonds. The molecule has 2 aliphatic rings. The molecular weight excluding hydrogens is 1230 g/mol. The second-order valence-corrected chi connectivity index (χ2v) is 30.9. The molecule has 0 radical (unpaired) electrons. The fraction of sp³-hybridized carbons (Fsp3) is 0.296. The Kier molecular flexibility index (Phi) is 21.7. The SMILES string of the molecule is CN1CC(C)(C)SC1c1cc(S(=O)(=O)NCCNS(=O)(=O)c2ccc(O)c(N=Cc3ccccc3O)c2)ccc1O.CN1CC(C)(C)SC1c1cc(S(=O)(=O)NCCNS(=O)(=O)c2ccc(O)c(N=Cc3ccccc3O)c2)ccc1O.[Cr]. The van der Waals surface area contributed by atoms with Gasteiger partial charge in [0.25, 0.3) is 0 Å². The van der Waals surface area contributed by atoms with Gasteiger partial charge in [0.2, 0.25) is 40.1 Å². The number of phenols is 6. The largest absolute Gasteiger partial charge is 0.508 e. The third kappa shape index (κ3) is 17.2. The molecule has 2 aliphatic heterocycles. The van der Waals surface area contributed by atoms with Crippen molar-refractivity contribution in [2.75, 3.05) is 53.4 Å². The number of phenolic OH excluding ortho intramolecular Hbond substituents is 6. The molecule has 6 aromatic rings. The minimum atomic E-state index is -4.07. The first kappa shape index (κ1) is 66.4. The summed E-state index contributed by atoms with van der Waals surface area (Å²) in [7, 11) is -12.3. The van der Waals surface area contributed by atoms with Crippen LogP contribution in [0.4, 0.5) is 11.4 Å². The van der Waals surface area contributed by atoms with Crippen LogP contribution in [0.2, 0.25) is 0 Å². The molecule has 8 rings (SSSR count). The van der Waals surface area contributed by atoms with Crippen LogP contribution < -0.4 is 18.9 Å². The monoisotopic (exact) mass is 1290 g/mol. The summed E-state index contributed by atoms with van der Waals surface area (Å²) in [4.78, 5) is 11.8. The van der Waals surface area contributed by atoms with Crippen LogP contribution in [-0.4, -0.2) is 149 Å². The molecule has 0 saturated carbocycles. The third-order valence-electron chi connectivity index (χ3n) is 12.6. The van der Waals surface area contributed by atoms with Gasteiger partial charge in [-0.05, 0) is 139 Å². The number of aromatic hydroxyl groups is 6. The van der Waals surface area contributed by atoms with Gasteiger partial charge in [-0.15, -0.1) is 23.5 Å². The number of nitrogens with zero attached hydrogens (tertiary/aromatic N) is 4. The van der Waals surface area contributed by atoms with E-state index in [9.17, 15) is 64.3 Å². The van der Waals surface area contributed by atoms with Gasteiger partial charge in [-0.2, -0.15) is 0 Å². The van der Waals surface area contributed by atoms with Gasteiger partial charge in [-0.25, -0.2) is 52.6 Å². The van der Waals surface area contributed by atoms with Gasteiger partial charge >= 0.3 is 0 Å². The Labute approximate surface area is 503 Å².